The van der Waals surface area contributed by atoms with Gasteiger partial charge in [-0.1, -0.05) is 0 Å². The Hall–Kier alpha value is -1.05. The number of nitrogens with two attached hydrogens (primary N) is 1. The Morgan fingerprint density at radius 3 is 3.00 bits per heavy atom. The Kier molecular flexibility index (Phi) is 3.17. The van der Waals surface area contributed by atoms with Crippen molar-refractivity contribution >= 4 is 17.6 Å². The van der Waals surface area contributed by atoms with Crippen LogP contribution in [0.1, 0.15) is 11.8 Å². The molecule has 2 rings (SSSR count). The van der Waals surface area contributed by atoms with Crippen LogP contribution in [-0.2, 0) is 0 Å². The molecule has 2 heterocycles. The number of anilines is 1. The average Bonchev–Trinajstić information content (AvgIpc) is 2.59. The van der Waals surface area contributed by atoms with Gasteiger partial charge < -0.3 is 15.9 Å². The van der Waals surface area contributed by atoms with Crippen LogP contribution in [0.25, 0.3) is 0 Å². The van der Waals surface area contributed by atoms with E-state index in [0.717, 1.165) is 0 Å². The second-order valence-corrected chi connectivity index (χ2v) is 5.08. The Balaban J connectivity index is 2.23. The number of thioether (sulfide) groups is 1. The molecule has 0 amide bonds. The van der Waals surface area contributed by atoms with Gasteiger partial charge in [0.05, 0.1) is 23.3 Å². The van der Waals surface area contributed by atoms with E-state index in [-0.39, 0.29) is 23.0 Å². The molecule has 1 fully saturated rings. The molecule has 1 aliphatic rings. The smallest absolute Gasteiger partial charge is 0.350 e. The molecule has 88 valence electrons. The van der Waals surface area contributed by atoms with E-state index in [2.05, 4.69) is 4.98 Å². The summed E-state index contributed by atoms with van der Waals surface area (Å²) < 4.78 is 1.43. The zero-order valence-corrected chi connectivity index (χ0v) is 9.30. The van der Waals surface area contributed by atoms with E-state index in [0.29, 0.717) is 6.42 Å². The summed E-state index contributed by atoms with van der Waals surface area (Å²) in [5.41, 5.74) is 4.96. The lowest BCUT2D eigenvalue weighted by molar-refractivity contribution is 0.137. The van der Waals surface area contributed by atoms with Crippen molar-refractivity contribution in [1.82, 2.24) is 9.55 Å². The summed E-state index contributed by atoms with van der Waals surface area (Å²) >= 11 is 1.37. The number of aliphatic hydroxyl groups excluding tert-OH is 2. The minimum absolute atomic E-state index is 0.0977. The number of hydrogen-bond acceptors (Lipinski definition) is 6. The van der Waals surface area contributed by atoms with Gasteiger partial charge in [0.15, 0.2) is 0 Å². The molecule has 0 saturated carbocycles. The zero-order chi connectivity index (χ0) is 11.7. The van der Waals surface area contributed by atoms with Crippen LogP contribution in [-0.4, -0.2) is 37.7 Å². The molecule has 0 aromatic carbocycles. The van der Waals surface area contributed by atoms with Gasteiger partial charge in [-0.15, -0.1) is 11.8 Å². The fourth-order valence-electron chi connectivity index (χ4n) is 1.70. The molecule has 1 aromatic heterocycles. The molecule has 6 nitrogen and oxygen atoms in total. The number of aromatic nitrogens is 2. The molecule has 7 heteroatoms. The summed E-state index contributed by atoms with van der Waals surface area (Å²) in [6.45, 7) is -0.0977. The predicted molar refractivity (Wildman–Crippen MR) is 61.0 cm³/mol. The summed E-state index contributed by atoms with van der Waals surface area (Å²) in [7, 11) is 0. The third-order valence-electron chi connectivity index (χ3n) is 2.55. The molecule has 4 N–H and O–H groups in total. The van der Waals surface area contributed by atoms with Crippen molar-refractivity contribution in [2.75, 3.05) is 12.3 Å². The molecule has 1 aromatic rings. The van der Waals surface area contributed by atoms with Crippen LogP contribution < -0.4 is 11.4 Å². The van der Waals surface area contributed by atoms with Crippen molar-refractivity contribution in [3.05, 3.63) is 22.7 Å². The van der Waals surface area contributed by atoms with Crippen LogP contribution in [0, 0.1) is 0 Å². The highest BCUT2D eigenvalue weighted by Gasteiger charge is 2.34. The summed E-state index contributed by atoms with van der Waals surface area (Å²) in [6.07, 6.45) is 1.40. The van der Waals surface area contributed by atoms with Gasteiger partial charge in [0.25, 0.3) is 0 Å². The van der Waals surface area contributed by atoms with Crippen LogP contribution >= 0.6 is 11.8 Å². The first kappa shape index (κ1) is 11.4. The molecule has 0 unspecified atom stereocenters. The summed E-state index contributed by atoms with van der Waals surface area (Å²) in [6, 6.07) is 1.54. The number of nitrogen functional groups attached to an aromatic ring is 1. The largest absolute Gasteiger partial charge is 0.395 e. The number of rotatable bonds is 2. The molecule has 0 bridgehead atoms. The van der Waals surface area contributed by atoms with Crippen LogP contribution in [0.2, 0.25) is 0 Å². The van der Waals surface area contributed by atoms with Gasteiger partial charge in [0, 0.05) is 12.6 Å². The number of aliphatic hydroxyl groups is 2. The lowest BCUT2D eigenvalue weighted by Crippen LogP contribution is -2.25. The van der Waals surface area contributed by atoms with Crippen molar-refractivity contribution < 1.29 is 10.2 Å². The summed E-state index contributed by atoms with van der Waals surface area (Å²) in [4.78, 5) is 15.2. The maximum atomic E-state index is 11.5. The van der Waals surface area contributed by atoms with E-state index in [1.807, 2.05) is 0 Å². The maximum absolute atomic E-state index is 11.5. The first-order chi connectivity index (χ1) is 7.61. The third kappa shape index (κ3) is 2.06. The lowest BCUT2D eigenvalue weighted by atomic mass is 10.2. The van der Waals surface area contributed by atoms with E-state index >= 15 is 0 Å². The van der Waals surface area contributed by atoms with Crippen LogP contribution in [0.3, 0.4) is 0 Å². The SMILES string of the molecule is Nc1ccn([C@@H]2C[C@@H](O)[C@H](CO)S2)c(=O)n1. The summed E-state index contributed by atoms with van der Waals surface area (Å²) in [5, 5.41) is 18.2. The molecule has 3 atom stereocenters. The van der Waals surface area contributed by atoms with E-state index in [9.17, 15) is 9.90 Å². The predicted octanol–water partition coefficient (Wildman–Crippen LogP) is -0.817. The highest BCUT2D eigenvalue weighted by atomic mass is 32.2. The van der Waals surface area contributed by atoms with Crippen LogP contribution in [0.4, 0.5) is 5.82 Å². The van der Waals surface area contributed by atoms with Crippen molar-refractivity contribution in [1.29, 1.82) is 0 Å². The molecule has 0 radical (unpaired) electrons. The van der Waals surface area contributed by atoms with Crippen molar-refractivity contribution in [2.24, 2.45) is 0 Å². The third-order valence-corrected chi connectivity index (χ3v) is 4.09. The minimum atomic E-state index is -0.593. The molecule has 0 spiro atoms. The lowest BCUT2D eigenvalue weighted by Gasteiger charge is -2.12. The van der Waals surface area contributed by atoms with E-state index in [1.165, 1.54) is 16.3 Å². The minimum Gasteiger partial charge on any atom is -0.395 e. The standard InChI is InChI=1S/C9H13N3O3S/c10-7-1-2-12(9(15)11-7)8-3-5(14)6(4-13)16-8/h1-2,5-6,8,13-14H,3-4H2,(H2,10,11,15)/t5-,6+,8+/m1/s1. The Bertz CT molecular complexity index is 436. The normalized spacial score (nSPS) is 29.5. The average molecular weight is 243 g/mol. The first-order valence-electron chi connectivity index (χ1n) is 4.91. The molecule has 16 heavy (non-hydrogen) atoms. The Morgan fingerprint density at radius 2 is 2.44 bits per heavy atom. The Labute approximate surface area is 96.1 Å². The Morgan fingerprint density at radius 1 is 1.69 bits per heavy atom. The number of hydrogen-bond donors (Lipinski definition) is 3. The topological polar surface area (TPSA) is 101 Å². The second-order valence-electron chi connectivity index (χ2n) is 3.66. The van der Waals surface area contributed by atoms with Gasteiger partial charge in [-0.2, -0.15) is 4.98 Å². The van der Waals surface area contributed by atoms with Crippen molar-refractivity contribution in [2.45, 2.75) is 23.1 Å². The van der Waals surface area contributed by atoms with Gasteiger partial charge in [-0.05, 0) is 6.07 Å². The van der Waals surface area contributed by atoms with E-state index in [1.54, 1.807) is 12.3 Å². The van der Waals surface area contributed by atoms with Gasteiger partial charge in [0.2, 0.25) is 0 Å². The molecule has 1 saturated heterocycles. The summed E-state index contributed by atoms with van der Waals surface area (Å²) in [5.74, 6) is 0.184. The zero-order valence-electron chi connectivity index (χ0n) is 8.48. The van der Waals surface area contributed by atoms with Crippen molar-refractivity contribution in [3.8, 4) is 0 Å². The molecular weight excluding hydrogens is 230 g/mol. The highest BCUT2D eigenvalue weighted by molar-refractivity contribution is 8.00. The van der Waals surface area contributed by atoms with Gasteiger partial charge >= 0.3 is 5.69 Å². The van der Waals surface area contributed by atoms with Gasteiger partial charge in [-0.3, -0.25) is 4.57 Å². The fourth-order valence-corrected chi connectivity index (χ4v) is 3.08. The second kappa shape index (κ2) is 4.44. The molecular formula is C9H13N3O3S. The van der Waals surface area contributed by atoms with Crippen molar-refractivity contribution in [3.63, 3.8) is 0 Å². The molecule has 0 aliphatic carbocycles. The quantitative estimate of drug-likeness (QED) is 0.627. The van der Waals surface area contributed by atoms with E-state index < -0.39 is 11.8 Å². The van der Waals surface area contributed by atoms with Gasteiger partial charge in [0.1, 0.15) is 5.82 Å². The highest BCUT2D eigenvalue weighted by Crippen LogP contribution is 2.40. The van der Waals surface area contributed by atoms with Crippen LogP contribution in [0.15, 0.2) is 17.1 Å². The van der Waals surface area contributed by atoms with Gasteiger partial charge in [-0.25, -0.2) is 4.79 Å². The fraction of sp³-hybridized carbons (Fsp3) is 0.556. The molecule has 1 aliphatic heterocycles. The van der Waals surface area contributed by atoms with Crippen LogP contribution in [0.5, 0.6) is 0 Å². The first-order valence-corrected chi connectivity index (χ1v) is 5.85. The van der Waals surface area contributed by atoms with E-state index in [4.69, 9.17) is 10.8 Å². The number of nitrogens with zero attached hydrogens (tertiary/aromatic N) is 2. The monoisotopic (exact) mass is 243 g/mol. The maximum Gasteiger partial charge on any atom is 0.350 e.